The molecular formula is C17H24ClN3. The largest absolute Gasteiger partial charge is 0.324 e. The molecule has 2 N–H and O–H groups in total. The molecule has 2 rings (SSSR count). The molecule has 2 aromatic rings. The van der Waals surface area contributed by atoms with E-state index in [0.717, 1.165) is 42.2 Å². The van der Waals surface area contributed by atoms with E-state index in [9.17, 15) is 0 Å². The third-order valence-electron chi connectivity index (χ3n) is 4.08. The smallest absolute Gasteiger partial charge is 0.0847 e. The lowest BCUT2D eigenvalue weighted by molar-refractivity contribution is 0.390. The molecule has 0 fully saturated rings. The van der Waals surface area contributed by atoms with Crippen molar-refractivity contribution in [2.24, 2.45) is 5.73 Å². The summed E-state index contributed by atoms with van der Waals surface area (Å²) in [6, 6.07) is 10.4. The minimum atomic E-state index is -0.301. The van der Waals surface area contributed by atoms with Gasteiger partial charge in [-0.1, -0.05) is 48.9 Å². The van der Waals surface area contributed by atoms with Gasteiger partial charge in [0.25, 0.3) is 0 Å². The highest BCUT2D eigenvalue weighted by molar-refractivity contribution is 6.31. The van der Waals surface area contributed by atoms with E-state index in [1.54, 1.807) is 0 Å². The number of rotatable bonds is 6. The third-order valence-corrected chi connectivity index (χ3v) is 4.57. The average molecular weight is 306 g/mol. The van der Waals surface area contributed by atoms with Crippen molar-refractivity contribution >= 4 is 11.6 Å². The summed E-state index contributed by atoms with van der Waals surface area (Å²) in [4.78, 5) is 0. The molecule has 0 aliphatic carbocycles. The van der Waals surface area contributed by atoms with E-state index in [1.165, 1.54) is 5.56 Å². The monoisotopic (exact) mass is 305 g/mol. The van der Waals surface area contributed by atoms with Gasteiger partial charge in [-0.05, 0) is 32.3 Å². The summed E-state index contributed by atoms with van der Waals surface area (Å²) in [7, 11) is 0. The first-order valence-electron chi connectivity index (χ1n) is 7.53. The summed E-state index contributed by atoms with van der Waals surface area (Å²) >= 11 is 6.42. The van der Waals surface area contributed by atoms with Crippen molar-refractivity contribution < 1.29 is 0 Å². The molecule has 1 aromatic heterocycles. The Labute approximate surface area is 132 Å². The Hall–Kier alpha value is -1.32. The molecule has 0 aliphatic rings. The molecule has 114 valence electrons. The normalized spacial score (nSPS) is 14.1. The SMILES string of the molecule is CCn1nc(C)c(Cl)c1CC(N)(CC)Cc1ccccc1. The maximum Gasteiger partial charge on any atom is 0.0847 e. The van der Waals surface area contributed by atoms with Crippen molar-refractivity contribution in [1.82, 2.24) is 9.78 Å². The molecule has 21 heavy (non-hydrogen) atoms. The van der Waals surface area contributed by atoms with Crippen molar-refractivity contribution in [1.29, 1.82) is 0 Å². The highest BCUT2D eigenvalue weighted by Crippen LogP contribution is 2.27. The van der Waals surface area contributed by atoms with Crippen LogP contribution >= 0.6 is 11.6 Å². The van der Waals surface area contributed by atoms with Crippen molar-refractivity contribution in [2.75, 3.05) is 0 Å². The van der Waals surface area contributed by atoms with Crippen LogP contribution in [-0.4, -0.2) is 15.3 Å². The fourth-order valence-corrected chi connectivity index (χ4v) is 2.89. The maximum absolute atomic E-state index is 6.66. The van der Waals surface area contributed by atoms with Gasteiger partial charge in [-0.3, -0.25) is 4.68 Å². The predicted molar refractivity (Wildman–Crippen MR) is 88.7 cm³/mol. The lowest BCUT2D eigenvalue weighted by Gasteiger charge is -2.29. The number of benzene rings is 1. The number of aryl methyl sites for hydroxylation is 2. The molecule has 0 radical (unpaired) electrons. The van der Waals surface area contributed by atoms with Gasteiger partial charge in [0.05, 0.1) is 16.4 Å². The second-order valence-electron chi connectivity index (χ2n) is 5.72. The van der Waals surface area contributed by atoms with Gasteiger partial charge in [-0.2, -0.15) is 5.10 Å². The predicted octanol–water partition coefficient (Wildman–Crippen LogP) is 3.76. The number of hydrogen-bond acceptors (Lipinski definition) is 2. The molecule has 4 heteroatoms. The van der Waals surface area contributed by atoms with Gasteiger partial charge < -0.3 is 5.73 Å². The minimum absolute atomic E-state index is 0.301. The van der Waals surface area contributed by atoms with Gasteiger partial charge in [0.1, 0.15) is 0 Å². The van der Waals surface area contributed by atoms with Gasteiger partial charge in [0.15, 0.2) is 0 Å². The van der Waals surface area contributed by atoms with E-state index < -0.39 is 0 Å². The van der Waals surface area contributed by atoms with Crippen LogP contribution in [0.2, 0.25) is 5.02 Å². The van der Waals surface area contributed by atoms with E-state index in [4.69, 9.17) is 17.3 Å². The second kappa shape index (κ2) is 6.63. The highest BCUT2D eigenvalue weighted by atomic mass is 35.5. The van der Waals surface area contributed by atoms with Crippen LogP contribution in [0.25, 0.3) is 0 Å². The Bertz CT molecular complexity index is 592. The van der Waals surface area contributed by atoms with Crippen LogP contribution in [-0.2, 0) is 19.4 Å². The van der Waals surface area contributed by atoms with Crippen molar-refractivity contribution in [3.8, 4) is 0 Å². The molecule has 0 amide bonds. The topological polar surface area (TPSA) is 43.8 Å². The lowest BCUT2D eigenvalue weighted by atomic mass is 9.85. The zero-order chi connectivity index (χ0) is 15.5. The number of aromatic nitrogens is 2. The van der Waals surface area contributed by atoms with Crippen LogP contribution in [0.1, 0.15) is 37.2 Å². The number of halogens is 1. The van der Waals surface area contributed by atoms with Crippen molar-refractivity contribution in [2.45, 2.75) is 52.1 Å². The first kappa shape index (κ1) is 16.1. The quantitative estimate of drug-likeness (QED) is 0.883. The Morgan fingerprint density at radius 2 is 1.86 bits per heavy atom. The zero-order valence-corrected chi connectivity index (χ0v) is 13.8. The number of nitrogens with zero attached hydrogens (tertiary/aromatic N) is 2. The van der Waals surface area contributed by atoms with Gasteiger partial charge in [0, 0.05) is 18.5 Å². The zero-order valence-electron chi connectivity index (χ0n) is 13.1. The van der Waals surface area contributed by atoms with Crippen LogP contribution in [0.3, 0.4) is 0 Å². The number of nitrogens with two attached hydrogens (primary N) is 1. The van der Waals surface area contributed by atoms with Crippen molar-refractivity contribution in [3.05, 3.63) is 52.3 Å². The molecule has 0 aliphatic heterocycles. The first-order valence-corrected chi connectivity index (χ1v) is 7.91. The standard InChI is InChI=1S/C17H24ClN3/c1-4-17(19,11-14-9-7-6-8-10-14)12-15-16(18)13(3)20-21(15)5-2/h6-10H,4-5,11-12,19H2,1-3H3. The Balaban J connectivity index is 2.26. The molecular weight excluding hydrogens is 282 g/mol. The summed E-state index contributed by atoms with van der Waals surface area (Å²) in [5.74, 6) is 0. The number of hydrogen-bond donors (Lipinski definition) is 1. The molecule has 1 unspecified atom stereocenters. The fourth-order valence-electron chi connectivity index (χ4n) is 2.69. The summed E-state index contributed by atoms with van der Waals surface area (Å²) in [6.45, 7) is 6.97. The summed E-state index contributed by atoms with van der Waals surface area (Å²) < 4.78 is 1.97. The van der Waals surface area contributed by atoms with E-state index in [-0.39, 0.29) is 5.54 Å². The summed E-state index contributed by atoms with van der Waals surface area (Å²) in [5.41, 5.74) is 9.56. The average Bonchev–Trinajstić information content (AvgIpc) is 2.76. The molecule has 1 atom stereocenters. The second-order valence-corrected chi connectivity index (χ2v) is 6.09. The van der Waals surface area contributed by atoms with Crippen LogP contribution in [0.15, 0.2) is 30.3 Å². The van der Waals surface area contributed by atoms with Gasteiger partial charge in [-0.25, -0.2) is 0 Å². The summed E-state index contributed by atoms with van der Waals surface area (Å²) in [5, 5.41) is 5.24. The molecule has 3 nitrogen and oxygen atoms in total. The molecule has 1 heterocycles. The Morgan fingerprint density at radius 3 is 2.43 bits per heavy atom. The van der Waals surface area contributed by atoms with Crippen LogP contribution in [0.5, 0.6) is 0 Å². The molecule has 1 aromatic carbocycles. The van der Waals surface area contributed by atoms with E-state index in [2.05, 4.69) is 43.2 Å². The highest BCUT2D eigenvalue weighted by Gasteiger charge is 2.27. The molecule has 0 saturated carbocycles. The van der Waals surface area contributed by atoms with E-state index in [0.29, 0.717) is 0 Å². The van der Waals surface area contributed by atoms with Crippen LogP contribution < -0.4 is 5.73 Å². The van der Waals surface area contributed by atoms with E-state index >= 15 is 0 Å². The van der Waals surface area contributed by atoms with Crippen LogP contribution in [0, 0.1) is 6.92 Å². The maximum atomic E-state index is 6.66. The first-order chi connectivity index (χ1) is 9.99. The molecule has 0 spiro atoms. The molecule has 0 bridgehead atoms. The Kier molecular flexibility index (Phi) is 5.07. The van der Waals surface area contributed by atoms with E-state index in [1.807, 2.05) is 17.7 Å². The fraction of sp³-hybridized carbons (Fsp3) is 0.471. The third kappa shape index (κ3) is 3.66. The van der Waals surface area contributed by atoms with Gasteiger partial charge in [-0.15, -0.1) is 0 Å². The van der Waals surface area contributed by atoms with Crippen LogP contribution in [0.4, 0.5) is 0 Å². The molecule has 0 saturated heterocycles. The minimum Gasteiger partial charge on any atom is -0.324 e. The lowest BCUT2D eigenvalue weighted by Crippen LogP contribution is -2.44. The Morgan fingerprint density at radius 1 is 1.19 bits per heavy atom. The van der Waals surface area contributed by atoms with Gasteiger partial charge >= 0.3 is 0 Å². The summed E-state index contributed by atoms with van der Waals surface area (Å²) in [6.07, 6.45) is 2.48. The van der Waals surface area contributed by atoms with Crippen molar-refractivity contribution in [3.63, 3.8) is 0 Å². The van der Waals surface area contributed by atoms with Gasteiger partial charge in [0.2, 0.25) is 0 Å².